The van der Waals surface area contributed by atoms with Crippen LogP contribution in [0.15, 0.2) is 0 Å². The number of carbonyl (C=O) groups excluding carboxylic acids is 3. The third-order valence-corrected chi connectivity index (χ3v) is 4.61. The van der Waals surface area contributed by atoms with Gasteiger partial charge in [-0.25, -0.2) is 4.79 Å². The second-order valence-electron chi connectivity index (χ2n) is 6.18. The molecule has 0 saturated heterocycles. The molecule has 6 nitrogen and oxygen atoms in total. The van der Waals surface area contributed by atoms with Crippen molar-refractivity contribution in [3.8, 4) is 0 Å². The van der Waals surface area contributed by atoms with Gasteiger partial charge in [-0.3, -0.25) is 9.59 Å². The summed E-state index contributed by atoms with van der Waals surface area (Å²) < 4.78 is 9.91. The van der Waals surface area contributed by atoms with Crippen LogP contribution in [0, 0.1) is 11.8 Å². The molecule has 2 aliphatic rings. The van der Waals surface area contributed by atoms with Crippen LogP contribution in [0.2, 0.25) is 0 Å². The number of methoxy groups -OCH3 is 1. The average molecular weight is 311 g/mol. The minimum atomic E-state index is -0.913. The molecule has 0 radical (unpaired) electrons. The monoisotopic (exact) mass is 311 g/mol. The van der Waals surface area contributed by atoms with Crippen molar-refractivity contribution in [1.82, 2.24) is 5.32 Å². The standard InChI is InChI=1S/C16H25NO5/c1-21-16(20)13(17-14(18)11-6-2-3-7-11)10-22-15(19)12-8-4-5-9-12/h11-13H,2-10H2,1H3,(H,17,18). The molecular formula is C16H25NO5. The summed E-state index contributed by atoms with van der Waals surface area (Å²) in [4.78, 5) is 35.8. The predicted octanol–water partition coefficient (Wildman–Crippen LogP) is 1.57. The quantitative estimate of drug-likeness (QED) is 0.753. The van der Waals surface area contributed by atoms with Gasteiger partial charge in [-0.2, -0.15) is 0 Å². The van der Waals surface area contributed by atoms with Crippen LogP contribution in [0.1, 0.15) is 51.4 Å². The molecule has 2 rings (SSSR count). The van der Waals surface area contributed by atoms with E-state index in [-0.39, 0.29) is 30.3 Å². The van der Waals surface area contributed by atoms with E-state index >= 15 is 0 Å². The van der Waals surface area contributed by atoms with E-state index < -0.39 is 12.0 Å². The molecule has 6 heteroatoms. The summed E-state index contributed by atoms with van der Waals surface area (Å²) in [6.07, 6.45) is 7.54. The highest BCUT2D eigenvalue weighted by atomic mass is 16.5. The van der Waals surface area contributed by atoms with Crippen LogP contribution in [0.25, 0.3) is 0 Å². The van der Waals surface area contributed by atoms with Gasteiger partial charge in [0.1, 0.15) is 6.61 Å². The van der Waals surface area contributed by atoms with Crippen LogP contribution in [0.5, 0.6) is 0 Å². The lowest BCUT2D eigenvalue weighted by Gasteiger charge is -2.19. The molecule has 2 fully saturated rings. The Labute approximate surface area is 130 Å². The van der Waals surface area contributed by atoms with Gasteiger partial charge in [0.25, 0.3) is 0 Å². The zero-order chi connectivity index (χ0) is 15.9. The highest BCUT2D eigenvalue weighted by Crippen LogP contribution is 2.26. The number of ether oxygens (including phenoxy) is 2. The summed E-state index contributed by atoms with van der Waals surface area (Å²) in [5.74, 6) is -1.11. The molecule has 0 spiro atoms. The van der Waals surface area contributed by atoms with Gasteiger partial charge in [-0.1, -0.05) is 25.7 Å². The van der Waals surface area contributed by atoms with Crippen molar-refractivity contribution in [3.05, 3.63) is 0 Å². The van der Waals surface area contributed by atoms with Gasteiger partial charge in [0.2, 0.25) is 5.91 Å². The van der Waals surface area contributed by atoms with Gasteiger partial charge in [-0.15, -0.1) is 0 Å². The van der Waals surface area contributed by atoms with E-state index in [1.807, 2.05) is 0 Å². The van der Waals surface area contributed by atoms with E-state index in [1.54, 1.807) is 0 Å². The van der Waals surface area contributed by atoms with Crippen LogP contribution in [0.3, 0.4) is 0 Å². The Bertz CT molecular complexity index is 411. The number of nitrogens with one attached hydrogen (secondary N) is 1. The minimum absolute atomic E-state index is 0.0438. The number of amides is 1. The molecule has 124 valence electrons. The summed E-state index contributed by atoms with van der Waals surface area (Å²) in [6, 6.07) is -0.913. The van der Waals surface area contributed by atoms with Gasteiger partial charge in [0, 0.05) is 5.92 Å². The number of hydrogen-bond donors (Lipinski definition) is 1. The Hall–Kier alpha value is -1.59. The first-order chi connectivity index (χ1) is 10.6. The molecule has 0 aromatic rings. The number of hydrogen-bond acceptors (Lipinski definition) is 5. The van der Waals surface area contributed by atoms with Crippen molar-refractivity contribution in [3.63, 3.8) is 0 Å². The molecule has 0 bridgehead atoms. The largest absolute Gasteiger partial charge is 0.467 e. The summed E-state index contributed by atoms with van der Waals surface area (Å²) in [7, 11) is 1.26. The molecule has 2 saturated carbocycles. The number of rotatable bonds is 6. The molecule has 0 aromatic carbocycles. The molecule has 2 aliphatic carbocycles. The maximum Gasteiger partial charge on any atom is 0.331 e. The summed E-state index contributed by atoms with van der Waals surface area (Å²) >= 11 is 0. The topological polar surface area (TPSA) is 81.7 Å². The van der Waals surface area contributed by atoms with Crippen LogP contribution in [0.4, 0.5) is 0 Å². The fourth-order valence-electron chi connectivity index (χ4n) is 3.23. The third kappa shape index (κ3) is 4.45. The molecule has 1 unspecified atom stereocenters. The first kappa shape index (κ1) is 16.8. The Kier molecular flexibility index (Phi) is 6.21. The SMILES string of the molecule is COC(=O)C(COC(=O)C1CCCC1)NC(=O)C1CCCC1. The molecule has 0 aliphatic heterocycles. The Balaban J connectivity index is 1.84. The first-order valence-electron chi connectivity index (χ1n) is 8.16. The minimum Gasteiger partial charge on any atom is -0.467 e. The molecule has 22 heavy (non-hydrogen) atoms. The molecule has 1 atom stereocenters. The molecular weight excluding hydrogens is 286 g/mol. The van der Waals surface area contributed by atoms with Crippen LogP contribution < -0.4 is 5.32 Å². The second-order valence-corrected chi connectivity index (χ2v) is 6.18. The Morgan fingerprint density at radius 2 is 1.55 bits per heavy atom. The average Bonchev–Trinajstić information content (AvgIpc) is 3.22. The van der Waals surface area contributed by atoms with Crippen molar-refractivity contribution in [2.75, 3.05) is 13.7 Å². The lowest BCUT2D eigenvalue weighted by atomic mass is 10.1. The van der Waals surface area contributed by atoms with Gasteiger partial charge in [0.15, 0.2) is 6.04 Å². The molecule has 1 amide bonds. The van der Waals surface area contributed by atoms with E-state index in [0.29, 0.717) is 0 Å². The normalized spacial score (nSPS) is 20.6. The summed E-state index contributed by atoms with van der Waals surface area (Å²) in [6.45, 7) is -0.152. The third-order valence-electron chi connectivity index (χ3n) is 4.61. The fraction of sp³-hybridized carbons (Fsp3) is 0.812. The van der Waals surface area contributed by atoms with Crippen molar-refractivity contribution >= 4 is 17.8 Å². The zero-order valence-electron chi connectivity index (χ0n) is 13.1. The first-order valence-corrected chi connectivity index (χ1v) is 8.16. The smallest absolute Gasteiger partial charge is 0.331 e. The maximum absolute atomic E-state index is 12.1. The zero-order valence-corrected chi connectivity index (χ0v) is 13.1. The highest BCUT2D eigenvalue weighted by Gasteiger charge is 2.30. The van der Waals surface area contributed by atoms with Gasteiger partial charge in [0.05, 0.1) is 13.0 Å². The number of esters is 2. The van der Waals surface area contributed by atoms with Gasteiger partial charge in [-0.05, 0) is 25.7 Å². The lowest BCUT2D eigenvalue weighted by molar-refractivity contribution is -0.155. The predicted molar refractivity (Wildman–Crippen MR) is 78.8 cm³/mol. The van der Waals surface area contributed by atoms with Crippen LogP contribution in [-0.4, -0.2) is 37.6 Å². The molecule has 0 heterocycles. The van der Waals surface area contributed by atoms with Crippen molar-refractivity contribution in [2.24, 2.45) is 11.8 Å². The van der Waals surface area contributed by atoms with Crippen LogP contribution in [-0.2, 0) is 23.9 Å². The van der Waals surface area contributed by atoms with E-state index in [9.17, 15) is 14.4 Å². The van der Waals surface area contributed by atoms with E-state index in [2.05, 4.69) is 10.1 Å². The van der Waals surface area contributed by atoms with Gasteiger partial charge < -0.3 is 14.8 Å². The number of carbonyl (C=O) groups is 3. The van der Waals surface area contributed by atoms with Crippen LogP contribution >= 0.6 is 0 Å². The Morgan fingerprint density at radius 3 is 2.09 bits per heavy atom. The second kappa shape index (κ2) is 8.15. The molecule has 0 aromatic heterocycles. The van der Waals surface area contributed by atoms with Crippen molar-refractivity contribution < 1.29 is 23.9 Å². The van der Waals surface area contributed by atoms with Crippen molar-refractivity contribution in [2.45, 2.75) is 57.4 Å². The lowest BCUT2D eigenvalue weighted by Crippen LogP contribution is -2.47. The van der Waals surface area contributed by atoms with Gasteiger partial charge >= 0.3 is 11.9 Å². The Morgan fingerprint density at radius 1 is 1.00 bits per heavy atom. The molecule has 1 N–H and O–H groups in total. The van der Waals surface area contributed by atoms with E-state index in [0.717, 1.165) is 51.4 Å². The summed E-state index contributed by atoms with van der Waals surface area (Å²) in [5, 5.41) is 2.66. The van der Waals surface area contributed by atoms with E-state index in [1.165, 1.54) is 7.11 Å². The van der Waals surface area contributed by atoms with Crippen molar-refractivity contribution in [1.29, 1.82) is 0 Å². The summed E-state index contributed by atoms with van der Waals surface area (Å²) in [5.41, 5.74) is 0. The van der Waals surface area contributed by atoms with E-state index in [4.69, 9.17) is 4.74 Å². The fourth-order valence-corrected chi connectivity index (χ4v) is 3.23. The highest BCUT2D eigenvalue weighted by molar-refractivity contribution is 5.86. The maximum atomic E-state index is 12.1.